The Balaban J connectivity index is 1.84. The molecule has 0 bridgehead atoms. The Morgan fingerprint density at radius 1 is 1.17 bits per heavy atom. The Kier molecular flexibility index (Phi) is 3.81. The molecule has 122 valence electrons. The van der Waals surface area contributed by atoms with Crippen LogP contribution in [0.3, 0.4) is 0 Å². The van der Waals surface area contributed by atoms with Gasteiger partial charge in [-0.2, -0.15) is 0 Å². The van der Waals surface area contributed by atoms with E-state index in [1.54, 1.807) is 0 Å². The number of nitrogens with zero attached hydrogens (tertiary/aromatic N) is 1. The number of fused-ring (bicyclic) bond motifs is 3. The number of hydrogen-bond acceptors (Lipinski definition) is 1. The predicted molar refractivity (Wildman–Crippen MR) is 95.8 cm³/mol. The highest BCUT2D eigenvalue weighted by Gasteiger charge is 2.30. The van der Waals surface area contributed by atoms with E-state index in [2.05, 4.69) is 22.8 Å². The first kappa shape index (κ1) is 15.3. The lowest BCUT2D eigenvalue weighted by Crippen LogP contribution is -2.05. The fraction of sp³-hybridized carbons (Fsp3) is 0.250. The van der Waals surface area contributed by atoms with Crippen LogP contribution < -0.4 is 0 Å². The lowest BCUT2D eigenvalue weighted by atomic mass is 9.93. The standard InChI is InChI=1S/C20H18ClNO2/c21-15-7-5-13(6-8-15)11-17-16-3-1-2-4-18(16)22-10-9-14(20(17)22)12-19(23)24/h1-8,14H,9-12H2,(H,23,24). The van der Waals surface area contributed by atoms with Gasteiger partial charge in [0.25, 0.3) is 0 Å². The smallest absolute Gasteiger partial charge is 0.304 e. The van der Waals surface area contributed by atoms with Gasteiger partial charge in [0.15, 0.2) is 0 Å². The lowest BCUT2D eigenvalue weighted by Gasteiger charge is -2.11. The van der Waals surface area contributed by atoms with E-state index < -0.39 is 5.97 Å². The molecule has 3 aromatic rings. The second-order valence-electron chi connectivity index (χ2n) is 6.42. The van der Waals surface area contributed by atoms with Crippen LogP contribution in [-0.4, -0.2) is 15.6 Å². The average Bonchev–Trinajstić information content (AvgIpc) is 3.10. The highest BCUT2D eigenvalue weighted by Crippen LogP contribution is 2.41. The van der Waals surface area contributed by atoms with Gasteiger partial charge in [0.05, 0.1) is 6.42 Å². The Morgan fingerprint density at radius 2 is 1.92 bits per heavy atom. The predicted octanol–water partition coefficient (Wildman–Crippen LogP) is 4.85. The van der Waals surface area contributed by atoms with Crippen molar-refractivity contribution in [1.29, 1.82) is 0 Å². The van der Waals surface area contributed by atoms with Crippen molar-refractivity contribution >= 4 is 28.5 Å². The molecule has 0 radical (unpaired) electrons. The van der Waals surface area contributed by atoms with Gasteiger partial charge in [0.1, 0.15) is 0 Å². The third-order valence-electron chi connectivity index (χ3n) is 4.92. The maximum absolute atomic E-state index is 11.3. The maximum Gasteiger partial charge on any atom is 0.304 e. The number of carboxylic acid groups (broad SMARTS) is 1. The normalized spacial score (nSPS) is 16.5. The molecule has 1 aromatic heterocycles. The zero-order chi connectivity index (χ0) is 16.7. The molecule has 1 unspecified atom stereocenters. The Hall–Kier alpha value is -2.26. The van der Waals surface area contributed by atoms with E-state index in [0.29, 0.717) is 0 Å². The number of aliphatic carboxylic acids is 1. The fourth-order valence-corrected chi connectivity index (χ4v) is 4.05. The van der Waals surface area contributed by atoms with E-state index in [0.717, 1.165) is 24.4 Å². The minimum atomic E-state index is -0.726. The summed E-state index contributed by atoms with van der Waals surface area (Å²) in [7, 11) is 0. The zero-order valence-corrected chi connectivity index (χ0v) is 14.0. The van der Waals surface area contributed by atoms with Crippen LogP contribution in [0.25, 0.3) is 10.9 Å². The van der Waals surface area contributed by atoms with Gasteiger partial charge >= 0.3 is 5.97 Å². The molecular formula is C20H18ClNO2. The molecule has 4 rings (SSSR count). The van der Waals surface area contributed by atoms with Crippen LogP contribution in [0.15, 0.2) is 48.5 Å². The van der Waals surface area contributed by atoms with Gasteiger partial charge in [-0.3, -0.25) is 4.79 Å². The topological polar surface area (TPSA) is 42.2 Å². The van der Waals surface area contributed by atoms with Crippen LogP contribution in [0.5, 0.6) is 0 Å². The molecule has 2 aromatic carbocycles. The number of hydrogen-bond donors (Lipinski definition) is 1. The number of para-hydroxylation sites is 1. The molecule has 0 amide bonds. The Bertz CT molecular complexity index is 911. The number of aryl methyl sites for hydroxylation is 1. The highest BCUT2D eigenvalue weighted by molar-refractivity contribution is 6.30. The first-order chi connectivity index (χ1) is 11.6. The first-order valence-corrected chi connectivity index (χ1v) is 8.57. The summed E-state index contributed by atoms with van der Waals surface area (Å²) in [6.07, 6.45) is 1.90. The van der Waals surface area contributed by atoms with Gasteiger partial charge in [-0.15, -0.1) is 0 Å². The van der Waals surface area contributed by atoms with Gasteiger partial charge < -0.3 is 9.67 Å². The molecule has 2 heterocycles. The summed E-state index contributed by atoms with van der Waals surface area (Å²) in [5, 5.41) is 11.2. The lowest BCUT2D eigenvalue weighted by molar-refractivity contribution is -0.137. The molecule has 0 saturated carbocycles. The number of benzene rings is 2. The van der Waals surface area contributed by atoms with Gasteiger partial charge in [0, 0.05) is 34.1 Å². The van der Waals surface area contributed by atoms with Crippen LogP contribution in [0.2, 0.25) is 5.02 Å². The second-order valence-corrected chi connectivity index (χ2v) is 6.86. The SMILES string of the molecule is O=C(O)CC1CCn2c1c(Cc1ccc(Cl)cc1)c1ccccc12. The number of halogens is 1. The quantitative estimate of drug-likeness (QED) is 0.738. The molecule has 0 saturated heterocycles. The van der Waals surface area contributed by atoms with Gasteiger partial charge in [0.2, 0.25) is 0 Å². The molecule has 0 spiro atoms. The zero-order valence-electron chi connectivity index (χ0n) is 13.2. The highest BCUT2D eigenvalue weighted by atomic mass is 35.5. The molecule has 4 heteroatoms. The van der Waals surface area contributed by atoms with E-state index in [1.807, 2.05) is 30.3 Å². The summed E-state index contributed by atoms with van der Waals surface area (Å²) in [5.41, 5.74) is 4.87. The molecule has 1 N–H and O–H groups in total. The van der Waals surface area contributed by atoms with E-state index >= 15 is 0 Å². The third kappa shape index (κ3) is 2.59. The van der Waals surface area contributed by atoms with E-state index in [4.69, 9.17) is 11.6 Å². The van der Waals surface area contributed by atoms with Crippen LogP contribution in [0.4, 0.5) is 0 Å². The average molecular weight is 340 g/mol. The fourth-order valence-electron chi connectivity index (χ4n) is 3.93. The number of carbonyl (C=O) groups is 1. The van der Waals surface area contributed by atoms with E-state index in [-0.39, 0.29) is 12.3 Å². The van der Waals surface area contributed by atoms with Crippen molar-refractivity contribution in [3.63, 3.8) is 0 Å². The molecular weight excluding hydrogens is 322 g/mol. The summed E-state index contributed by atoms with van der Waals surface area (Å²) in [6, 6.07) is 16.3. The molecule has 3 nitrogen and oxygen atoms in total. The number of rotatable bonds is 4. The molecule has 1 atom stereocenters. The van der Waals surface area contributed by atoms with Crippen molar-refractivity contribution in [2.75, 3.05) is 0 Å². The minimum absolute atomic E-state index is 0.0946. The third-order valence-corrected chi connectivity index (χ3v) is 5.17. The van der Waals surface area contributed by atoms with E-state index in [9.17, 15) is 9.90 Å². The van der Waals surface area contributed by atoms with Crippen molar-refractivity contribution in [1.82, 2.24) is 4.57 Å². The Morgan fingerprint density at radius 3 is 2.67 bits per heavy atom. The van der Waals surface area contributed by atoms with Gasteiger partial charge in [-0.25, -0.2) is 0 Å². The van der Waals surface area contributed by atoms with Crippen LogP contribution >= 0.6 is 11.6 Å². The van der Waals surface area contributed by atoms with Crippen molar-refractivity contribution in [2.45, 2.75) is 31.7 Å². The van der Waals surface area contributed by atoms with Crippen molar-refractivity contribution < 1.29 is 9.90 Å². The summed E-state index contributed by atoms with van der Waals surface area (Å²) < 4.78 is 2.31. The molecule has 1 aliphatic heterocycles. The largest absolute Gasteiger partial charge is 0.481 e. The summed E-state index contributed by atoms with van der Waals surface area (Å²) in [5.74, 6) is -0.631. The van der Waals surface area contributed by atoms with Crippen molar-refractivity contribution in [3.05, 3.63) is 70.4 Å². The number of carboxylic acids is 1. The monoisotopic (exact) mass is 339 g/mol. The summed E-state index contributed by atoms with van der Waals surface area (Å²) in [4.78, 5) is 11.3. The maximum atomic E-state index is 11.3. The van der Waals surface area contributed by atoms with Gasteiger partial charge in [-0.05, 0) is 42.2 Å². The summed E-state index contributed by atoms with van der Waals surface area (Å²) >= 11 is 5.99. The van der Waals surface area contributed by atoms with E-state index in [1.165, 1.54) is 27.7 Å². The summed E-state index contributed by atoms with van der Waals surface area (Å²) in [6.45, 7) is 0.897. The molecule has 1 aliphatic rings. The first-order valence-electron chi connectivity index (χ1n) is 8.19. The number of aromatic nitrogens is 1. The second kappa shape index (κ2) is 5.99. The van der Waals surface area contributed by atoms with Crippen molar-refractivity contribution in [3.8, 4) is 0 Å². The Labute approximate surface area is 145 Å². The molecule has 0 aliphatic carbocycles. The van der Waals surface area contributed by atoms with Gasteiger partial charge in [-0.1, -0.05) is 41.9 Å². The van der Waals surface area contributed by atoms with Crippen molar-refractivity contribution in [2.24, 2.45) is 0 Å². The molecule has 24 heavy (non-hydrogen) atoms. The van der Waals surface area contributed by atoms with Crippen LogP contribution in [0.1, 0.15) is 35.6 Å². The van der Waals surface area contributed by atoms with Crippen LogP contribution in [-0.2, 0) is 17.8 Å². The van der Waals surface area contributed by atoms with Crippen LogP contribution in [0, 0.1) is 0 Å². The molecule has 0 fully saturated rings. The minimum Gasteiger partial charge on any atom is -0.481 e.